The first-order chi connectivity index (χ1) is 11.5. The van der Waals surface area contributed by atoms with Gasteiger partial charge in [-0.25, -0.2) is 0 Å². The molecule has 6 nitrogen and oxygen atoms in total. The first kappa shape index (κ1) is 14.5. The summed E-state index contributed by atoms with van der Waals surface area (Å²) in [7, 11) is 0. The van der Waals surface area contributed by atoms with Crippen LogP contribution in [0.15, 0.2) is 47.4 Å². The molecule has 0 aliphatic carbocycles. The number of benzene rings is 2. The Morgan fingerprint density at radius 3 is 2.67 bits per heavy atom. The molecule has 4 aromatic rings. The van der Waals surface area contributed by atoms with Gasteiger partial charge in [-0.05, 0) is 24.3 Å². The fraction of sp³-hybridized carbons (Fsp3) is 0. The highest BCUT2D eigenvalue weighted by molar-refractivity contribution is 6.30. The van der Waals surface area contributed by atoms with Gasteiger partial charge in [-0.3, -0.25) is 4.79 Å². The van der Waals surface area contributed by atoms with Crippen LogP contribution in [0.5, 0.6) is 11.5 Å². The lowest BCUT2D eigenvalue weighted by Gasteiger charge is -2.08. The van der Waals surface area contributed by atoms with E-state index in [1.165, 1.54) is 12.1 Å². The lowest BCUT2D eigenvalue weighted by atomic mass is 10.1. The summed E-state index contributed by atoms with van der Waals surface area (Å²) in [5, 5.41) is 24.5. The first-order valence-corrected chi connectivity index (χ1v) is 7.52. The normalized spacial score (nSPS) is 11.2. The molecule has 0 atom stereocenters. The second-order valence-electron chi connectivity index (χ2n) is 5.43. The summed E-state index contributed by atoms with van der Waals surface area (Å²) in [6, 6.07) is 9.99. The minimum atomic E-state index is -0.295. The van der Waals surface area contributed by atoms with E-state index in [9.17, 15) is 15.0 Å². The molecule has 2 aromatic heterocycles. The van der Waals surface area contributed by atoms with Crippen LogP contribution in [0.4, 0.5) is 11.4 Å². The number of nitrogens with one attached hydrogen (secondary N) is 3. The van der Waals surface area contributed by atoms with E-state index in [0.717, 1.165) is 5.69 Å². The number of phenols is 2. The van der Waals surface area contributed by atoms with Crippen molar-refractivity contribution in [1.82, 2.24) is 9.97 Å². The van der Waals surface area contributed by atoms with E-state index in [1.807, 2.05) is 12.1 Å². The highest BCUT2D eigenvalue weighted by Gasteiger charge is 2.14. The average Bonchev–Trinajstić information content (AvgIpc) is 2.90. The third-order valence-electron chi connectivity index (χ3n) is 3.84. The monoisotopic (exact) mass is 341 g/mol. The van der Waals surface area contributed by atoms with Gasteiger partial charge in [0.05, 0.1) is 11.2 Å². The predicted octanol–water partition coefficient (Wildman–Crippen LogP) is 3.82. The first-order valence-electron chi connectivity index (χ1n) is 7.14. The molecule has 4 rings (SSSR count). The number of aromatic nitrogens is 2. The largest absolute Gasteiger partial charge is 0.504 e. The van der Waals surface area contributed by atoms with Crippen molar-refractivity contribution in [2.45, 2.75) is 0 Å². The fourth-order valence-electron chi connectivity index (χ4n) is 2.77. The molecule has 0 aliphatic heterocycles. The Morgan fingerprint density at radius 1 is 1.08 bits per heavy atom. The number of phenolic OH excluding ortho intramolecular Hbond substituents is 2. The molecule has 7 heteroatoms. The molecule has 0 fully saturated rings. The van der Waals surface area contributed by atoms with Crippen molar-refractivity contribution in [3.8, 4) is 11.5 Å². The summed E-state index contributed by atoms with van der Waals surface area (Å²) >= 11 is 6.00. The standard InChI is InChI=1S/C17H12ClN3O3/c18-8-2-1-3-9(4-8)20-12-7-19-17(24)16-15(12)10-5-13(22)14(23)6-11(10)21-16/h1-7,20-23H,(H,19,24). The minimum Gasteiger partial charge on any atom is -0.504 e. The summed E-state index contributed by atoms with van der Waals surface area (Å²) in [4.78, 5) is 17.7. The van der Waals surface area contributed by atoms with E-state index < -0.39 is 0 Å². The van der Waals surface area contributed by atoms with E-state index in [-0.39, 0.29) is 17.1 Å². The number of aromatic hydroxyl groups is 2. The van der Waals surface area contributed by atoms with Gasteiger partial charge in [-0.2, -0.15) is 0 Å². The van der Waals surface area contributed by atoms with Gasteiger partial charge < -0.3 is 25.5 Å². The molecular formula is C17H12ClN3O3. The number of halogens is 1. The Kier molecular flexibility index (Phi) is 3.14. The maximum Gasteiger partial charge on any atom is 0.272 e. The number of pyridine rings is 1. The minimum absolute atomic E-state index is 0.252. The maximum atomic E-state index is 12.1. The molecular weight excluding hydrogens is 330 g/mol. The third kappa shape index (κ3) is 2.24. The lowest BCUT2D eigenvalue weighted by Crippen LogP contribution is -2.06. The summed E-state index contributed by atoms with van der Waals surface area (Å²) in [6.07, 6.45) is 1.56. The van der Waals surface area contributed by atoms with Crippen molar-refractivity contribution < 1.29 is 10.2 Å². The number of aromatic amines is 2. The van der Waals surface area contributed by atoms with Crippen LogP contribution < -0.4 is 10.9 Å². The predicted molar refractivity (Wildman–Crippen MR) is 94.5 cm³/mol. The maximum absolute atomic E-state index is 12.1. The zero-order chi connectivity index (χ0) is 16.8. The van der Waals surface area contributed by atoms with Crippen LogP contribution in [0.2, 0.25) is 5.02 Å². The van der Waals surface area contributed by atoms with Crippen LogP contribution in [0.3, 0.4) is 0 Å². The van der Waals surface area contributed by atoms with Gasteiger partial charge in [0, 0.05) is 33.7 Å². The van der Waals surface area contributed by atoms with Gasteiger partial charge in [0.15, 0.2) is 11.5 Å². The lowest BCUT2D eigenvalue weighted by molar-refractivity contribution is 0.405. The molecule has 5 N–H and O–H groups in total. The topological polar surface area (TPSA) is 101 Å². The van der Waals surface area contributed by atoms with Crippen LogP contribution in [0, 0.1) is 0 Å². The molecule has 0 aliphatic rings. The van der Waals surface area contributed by atoms with Crippen LogP contribution in [0.25, 0.3) is 21.8 Å². The van der Waals surface area contributed by atoms with Crippen molar-refractivity contribution in [3.63, 3.8) is 0 Å². The van der Waals surface area contributed by atoms with Gasteiger partial charge in [-0.15, -0.1) is 0 Å². The average molecular weight is 342 g/mol. The van der Waals surface area contributed by atoms with Crippen LogP contribution >= 0.6 is 11.6 Å². The molecule has 120 valence electrons. The number of H-pyrrole nitrogens is 2. The summed E-state index contributed by atoms with van der Waals surface area (Å²) < 4.78 is 0. The summed E-state index contributed by atoms with van der Waals surface area (Å²) in [5.74, 6) is -0.507. The Bertz CT molecular complexity index is 1150. The number of hydrogen-bond acceptors (Lipinski definition) is 4. The SMILES string of the molecule is O=c1[nH]cc(Nc2cccc(Cl)c2)c2c1[nH]c1cc(O)c(O)cc12. The summed E-state index contributed by atoms with van der Waals surface area (Å²) in [6.45, 7) is 0. The molecule has 0 saturated heterocycles. The molecule has 2 aromatic carbocycles. The van der Waals surface area contributed by atoms with Gasteiger partial charge in [-0.1, -0.05) is 17.7 Å². The van der Waals surface area contributed by atoms with Gasteiger partial charge in [0.25, 0.3) is 5.56 Å². The van der Waals surface area contributed by atoms with Crippen LogP contribution in [-0.4, -0.2) is 20.2 Å². The smallest absolute Gasteiger partial charge is 0.272 e. The molecule has 0 radical (unpaired) electrons. The van der Waals surface area contributed by atoms with E-state index in [1.54, 1.807) is 18.3 Å². The Labute approximate surface area is 140 Å². The van der Waals surface area contributed by atoms with E-state index in [2.05, 4.69) is 15.3 Å². The van der Waals surface area contributed by atoms with Gasteiger partial charge in [0.1, 0.15) is 5.52 Å². The van der Waals surface area contributed by atoms with E-state index in [0.29, 0.717) is 32.5 Å². The van der Waals surface area contributed by atoms with Crippen molar-refractivity contribution in [1.29, 1.82) is 0 Å². The van der Waals surface area contributed by atoms with Crippen molar-refractivity contribution in [2.75, 3.05) is 5.32 Å². The Balaban J connectivity index is 2.00. The molecule has 0 bridgehead atoms. The van der Waals surface area contributed by atoms with Crippen LogP contribution in [0.1, 0.15) is 0 Å². The van der Waals surface area contributed by atoms with Crippen LogP contribution in [-0.2, 0) is 0 Å². The molecule has 2 heterocycles. The summed E-state index contributed by atoms with van der Waals surface area (Å²) in [5.41, 5.74) is 2.00. The molecule has 0 unspecified atom stereocenters. The van der Waals surface area contributed by atoms with E-state index in [4.69, 9.17) is 11.6 Å². The molecule has 24 heavy (non-hydrogen) atoms. The zero-order valence-corrected chi connectivity index (χ0v) is 13.0. The molecule has 0 spiro atoms. The molecule has 0 amide bonds. The fourth-order valence-corrected chi connectivity index (χ4v) is 2.96. The quantitative estimate of drug-likeness (QED) is 0.358. The zero-order valence-electron chi connectivity index (χ0n) is 12.2. The van der Waals surface area contributed by atoms with Crippen molar-refractivity contribution in [3.05, 3.63) is 58.0 Å². The van der Waals surface area contributed by atoms with Gasteiger partial charge >= 0.3 is 0 Å². The highest BCUT2D eigenvalue weighted by Crippen LogP contribution is 2.37. The van der Waals surface area contributed by atoms with Crippen molar-refractivity contribution in [2.24, 2.45) is 0 Å². The number of rotatable bonds is 2. The second kappa shape index (κ2) is 5.21. The molecule has 0 saturated carbocycles. The van der Waals surface area contributed by atoms with E-state index >= 15 is 0 Å². The number of hydrogen-bond donors (Lipinski definition) is 5. The number of fused-ring (bicyclic) bond motifs is 3. The Hall–Kier alpha value is -3.12. The van der Waals surface area contributed by atoms with Crippen molar-refractivity contribution >= 4 is 44.8 Å². The third-order valence-corrected chi connectivity index (χ3v) is 4.08. The van der Waals surface area contributed by atoms with Gasteiger partial charge in [0.2, 0.25) is 0 Å². The number of anilines is 2. The second-order valence-corrected chi connectivity index (χ2v) is 5.86. The highest BCUT2D eigenvalue weighted by atomic mass is 35.5. The Morgan fingerprint density at radius 2 is 1.88 bits per heavy atom.